The van der Waals surface area contributed by atoms with Crippen molar-refractivity contribution < 1.29 is 9.18 Å². The van der Waals surface area contributed by atoms with Crippen LogP contribution in [0.2, 0.25) is 0 Å². The highest BCUT2D eigenvalue weighted by atomic mass is 32.2. The molecule has 1 aromatic rings. The predicted molar refractivity (Wildman–Crippen MR) is 107 cm³/mol. The van der Waals surface area contributed by atoms with Crippen LogP contribution in [0.15, 0.2) is 38.9 Å². The van der Waals surface area contributed by atoms with E-state index in [0.29, 0.717) is 22.8 Å². The molecule has 26 heavy (non-hydrogen) atoms. The summed E-state index contributed by atoms with van der Waals surface area (Å²) in [5.74, 6) is -0.281. The Morgan fingerprint density at radius 3 is 2.81 bits per heavy atom. The van der Waals surface area contributed by atoms with Crippen molar-refractivity contribution in [1.82, 2.24) is 0 Å². The number of allylic oxidation sites excluding steroid dienone is 1. The lowest BCUT2D eigenvalue weighted by Gasteiger charge is -2.30. The van der Waals surface area contributed by atoms with E-state index in [1.54, 1.807) is 6.07 Å². The minimum Gasteiger partial charge on any atom is -0.379 e. The molecule has 1 aliphatic rings. The second-order valence-corrected chi connectivity index (χ2v) is 8.03. The minimum absolute atomic E-state index is 0.0587. The molecule has 0 unspecified atom stereocenters. The monoisotopic (exact) mass is 395 g/mol. The van der Waals surface area contributed by atoms with Crippen LogP contribution in [0.3, 0.4) is 0 Å². The van der Waals surface area contributed by atoms with Crippen LogP contribution in [-0.4, -0.2) is 16.8 Å². The number of amidine groups is 1. The van der Waals surface area contributed by atoms with Crippen molar-refractivity contribution in [2.45, 2.75) is 32.7 Å². The van der Waals surface area contributed by atoms with E-state index in [2.05, 4.69) is 28.1 Å². The van der Waals surface area contributed by atoms with Gasteiger partial charge in [0.25, 0.3) is 5.91 Å². The number of halogens is 1. The van der Waals surface area contributed by atoms with Crippen LogP contribution in [0, 0.1) is 17.3 Å². The number of nitrogens with one attached hydrogen (secondary N) is 2. The maximum absolute atomic E-state index is 14.4. The first-order chi connectivity index (χ1) is 12.2. The summed E-state index contributed by atoms with van der Waals surface area (Å²) in [6.45, 7) is 5.46. The van der Waals surface area contributed by atoms with Crippen molar-refractivity contribution in [3.05, 3.63) is 40.2 Å². The van der Waals surface area contributed by atoms with Gasteiger partial charge >= 0.3 is 0 Å². The molecule has 0 saturated carbocycles. The summed E-state index contributed by atoms with van der Waals surface area (Å²) in [6.07, 6.45) is 0.639. The van der Waals surface area contributed by atoms with Crippen molar-refractivity contribution >= 4 is 41.2 Å². The number of anilines is 1. The summed E-state index contributed by atoms with van der Waals surface area (Å²) < 4.78 is 14.4. The van der Waals surface area contributed by atoms with E-state index in [-0.39, 0.29) is 16.5 Å². The maximum atomic E-state index is 14.4. The van der Waals surface area contributed by atoms with Gasteiger partial charge < -0.3 is 11.1 Å². The predicted octanol–water partition coefficient (Wildman–Crippen LogP) is 4.26. The van der Waals surface area contributed by atoms with E-state index in [4.69, 9.17) is 11.3 Å². The molecule has 0 aromatic heterocycles. The van der Waals surface area contributed by atoms with Crippen LogP contribution in [0.1, 0.15) is 32.8 Å². The van der Waals surface area contributed by atoms with Crippen LogP contribution < -0.4 is 11.1 Å². The SMILES string of the molecule is CC(C)/C(N=N)=C(/S)C(=O)Nc1ccc(F)c([C@]2(C)CCSC(N)=N2)c1. The molecule has 1 heterocycles. The summed E-state index contributed by atoms with van der Waals surface area (Å²) in [5.41, 5.74) is 13.3. The van der Waals surface area contributed by atoms with E-state index in [9.17, 15) is 9.18 Å². The fraction of sp³-hybridized carbons (Fsp3) is 0.412. The van der Waals surface area contributed by atoms with Crippen LogP contribution in [0.5, 0.6) is 0 Å². The molecule has 140 valence electrons. The molecule has 2 rings (SSSR count). The Labute approximate surface area is 161 Å². The lowest BCUT2D eigenvalue weighted by Crippen LogP contribution is -2.29. The van der Waals surface area contributed by atoms with E-state index >= 15 is 0 Å². The Morgan fingerprint density at radius 2 is 2.23 bits per heavy atom. The van der Waals surface area contributed by atoms with Gasteiger partial charge in [0.15, 0.2) is 5.17 Å². The van der Waals surface area contributed by atoms with Gasteiger partial charge in [0, 0.05) is 17.0 Å². The quantitative estimate of drug-likeness (QED) is 0.340. The zero-order valence-electron chi connectivity index (χ0n) is 14.8. The topological polar surface area (TPSA) is 104 Å². The molecular weight excluding hydrogens is 373 g/mol. The second-order valence-electron chi connectivity index (χ2n) is 6.47. The van der Waals surface area contributed by atoms with Crippen LogP contribution in [0.4, 0.5) is 10.1 Å². The largest absolute Gasteiger partial charge is 0.379 e. The number of aliphatic imine (C=N–C) groups is 1. The van der Waals surface area contributed by atoms with E-state index in [1.165, 1.54) is 23.9 Å². The Balaban J connectivity index is 2.35. The molecule has 9 heteroatoms. The minimum atomic E-state index is -0.778. The van der Waals surface area contributed by atoms with Crippen molar-refractivity contribution in [3.8, 4) is 0 Å². The molecule has 0 radical (unpaired) electrons. The number of thiol groups is 1. The summed E-state index contributed by atoms with van der Waals surface area (Å²) in [7, 11) is 0. The lowest BCUT2D eigenvalue weighted by atomic mass is 9.89. The number of nitrogens with two attached hydrogens (primary N) is 1. The van der Waals surface area contributed by atoms with Gasteiger partial charge in [0.1, 0.15) is 5.82 Å². The molecule has 4 N–H and O–H groups in total. The first kappa shape index (κ1) is 20.4. The highest BCUT2D eigenvalue weighted by molar-refractivity contribution is 8.13. The Hall–Kier alpha value is -1.87. The van der Waals surface area contributed by atoms with Crippen molar-refractivity contribution in [2.24, 2.45) is 21.8 Å². The number of amides is 1. The first-order valence-electron chi connectivity index (χ1n) is 8.08. The van der Waals surface area contributed by atoms with Crippen LogP contribution in [0.25, 0.3) is 0 Å². The lowest BCUT2D eigenvalue weighted by molar-refractivity contribution is -0.112. The normalized spacial score (nSPS) is 21.1. The highest BCUT2D eigenvalue weighted by Crippen LogP contribution is 2.37. The molecule has 6 nitrogen and oxygen atoms in total. The Bertz CT molecular complexity index is 793. The molecule has 1 aliphatic heterocycles. The van der Waals surface area contributed by atoms with Gasteiger partial charge in [-0.1, -0.05) is 25.6 Å². The molecule has 1 atom stereocenters. The first-order valence-corrected chi connectivity index (χ1v) is 9.51. The molecule has 1 aromatic carbocycles. The van der Waals surface area contributed by atoms with E-state index < -0.39 is 17.3 Å². The standard InChI is InChI=1S/C17H22FN5OS2/c1-9(2)13(23-20)14(25)15(24)21-10-4-5-12(18)11(8-10)17(3)6-7-26-16(19)22-17/h4-5,8-9,20,25H,6-7H2,1-3H3,(H2,19,22)(H,21,24)/b14-13-,23-20?/t17-/m0/s1. The molecule has 0 saturated heterocycles. The Morgan fingerprint density at radius 1 is 1.54 bits per heavy atom. The number of thioether (sulfide) groups is 1. The smallest absolute Gasteiger partial charge is 0.263 e. The summed E-state index contributed by atoms with van der Waals surface area (Å²) in [4.78, 5) is 16.9. The third-order valence-corrected chi connectivity index (χ3v) is 5.35. The van der Waals surface area contributed by atoms with Crippen LogP contribution in [-0.2, 0) is 10.3 Å². The third kappa shape index (κ3) is 4.45. The zero-order chi connectivity index (χ0) is 19.5. The average molecular weight is 396 g/mol. The van der Waals surface area contributed by atoms with Crippen LogP contribution >= 0.6 is 24.4 Å². The molecular formula is C17H22FN5OS2. The number of carbonyl (C=O) groups excluding carboxylic acids is 1. The zero-order valence-corrected chi connectivity index (χ0v) is 16.5. The number of nitrogens with zero attached hydrogens (tertiary/aromatic N) is 2. The summed E-state index contributed by atoms with van der Waals surface area (Å²) >= 11 is 5.62. The summed E-state index contributed by atoms with van der Waals surface area (Å²) in [6, 6.07) is 4.33. The molecule has 0 fully saturated rings. The fourth-order valence-electron chi connectivity index (χ4n) is 2.66. The molecule has 0 aliphatic carbocycles. The number of rotatable bonds is 5. The van der Waals surface area contributed by atoms with Crippen molar-refractivity contribution in [3.63, 3.8) is 0 Å². The van der Waals surface area contributed by atoms with Gasteiger partial charge in [-0.2, -0.15) is 5.11 Å². The maximum Gasteiger partial charge on any atom is 0.263 e. The average Bonchev–Trinajstić information content (AvgIpc) is 2.56. The van der Waals surface area contributed by atoms with E-state index in [1.807, 2.05) is 20.8 Å². The molecule has 0 spiro atoms. The number of carbonyl (C=O) groups is 1. The molecule has 1 amide bonds. The van der Waals surface area contributed by atoms with Crippen molar-refractivity contribution in [1.29, 1.82) is 5.53 Å². The second kappa shape index (κ2) is 8.22. The van der Waals surface area contributed by atoms with Gasteiger partial charge in [-0.25, -0.2) is 9.92 Å². The number of benzene rings is 1. The number of hydrogen-bond acceptors (Lipinski definition) is 7. The Kier molecular flexibility index (Phi) is 6.46. The van der Waals surface area contributed by atoms with Gasteiger partial charge in [0.05, 0.1) is 16.1 Å². The van der Waals surface area contributed by atoms with Gasteiger partial charge in [0.2, 0.25) is 0 Å². The van der Waals surface area contributed by atoms with Gasteiger partial charge in [-0.3, -0.25) is 9.79 Å². The van der Waals surface area contributed by atoms with E-state index in [0.717, 1.165) is 5.75 Å². The number of hydrogen-bond donors (Lipinski definition) is 4. The van der Waals surface area contributed by atoms with Gasteiger partial charge in [-0.05, 0) is 37.5 Å². The summed E-state index contributed by atoms with van der Waals surface area (Å²) in [5, 5.41) is 6.47. The van der Waals surface area contributed by atoms with Gasteiger partial charge in [-0.15, -0.1) is 12.6 Å². The highest BCUT2D eigenvalue weighted by Gasteiger charge is 2.32. The fourth-order valence-corrected chi connectivity index (χ4v) is 4.00. The van der Waals surface area contributed by atoms with Crippen molar-refractivity contribution in [2.75, 3.05) is 11.1 Å². The third-order valence-electron chi connectivity index (χ3n) is 4.13. The molecule has 0 bridgehead atoms.